The third-order valence-electron chi connectivity index (χ3n) is 4.01. The van der Waals surface area contributed by atoms with Crippen molar-refractivity contribution in [1.82, 2.24) is 19.5 Å². The molecule has 6 atom stereocenters. The molecule has 1 aliphatic heterocycles. The van der Waals surface area contributed by atoms with Gasteiger partial charge in [0.15, 0.2) is 23.2 Å². The molecular formula is C10H11Li4N8O13P3. The van der Waals surface area contributed by atoms with Crippen LogP contribution in [0.2, 0.25) is 0 Å². The maximum atomic E-state index is 11.7. The average Bonchev–Trinajstić information content (AvgIpc) is 3.16. The first-order chi connectivity index (χ1) is 15.6. The number of aliphatic hydroxyl groups is 2. The molecule has 1 fully saturated rings. The zero-order valence-electron chi connectivity index (χ0n) is 20.0. The van der Waals surface area contributed by atoms with Crippen molar-refractivity contribution < 1.29 is 137 Å². The van der Waals surface area contributed by atoms with E-state index in [0.29, 0.717) is 0 Å². The van der Waals surface area contributed by atoms with Crippen LogP contribution in [0.4, 0.5) is 11.8 Å². The fraction of sp³-hybridized carbons (Fsp3) is 0.500. The number of ether oxygens (including phenoxy) is 1. The second-order valence-corrected chi connectivity index (χ2v) is 10.5. The number of hydrogen-bond donors (Lipinski definition) is 3. The number of hydrogen-bond acceptors (Lipinski definition) is 18. The number of fused-ring (bicyclic) bond motifs is 1. The number of nitrogen functional groups attached to an aromatic ring is 1. The molecule has 0 bridgehead atoms. The van der Waals surface area contributed by atoms with Crippen molar-refractivity contribution in [2.75, 3.05) is 12.3 Å². The number of nitrogens with two attached hydrogens (primary N) is 1. The van der Waals surface area contributed by atoms with Crippen LogP contribution in [0.25, 0.3) is 21.6 Å². The van der Waals surface area contributed by atoms with E-state index in [-0.39, 0.29) is 92.4 Å². The number of nitrogens with zero attached hydrogens (tertiary/aromatic N) is 7. The molecule has 0 radical (unpaired) electrons. The van der Waals surface area contributed by atoms with Crippen LogP contribution < -0.4 is 101 Å². The summed E-state index contributed by atoms with van der Waals surface area (Å²) in [6.07, 6.45) is -5.98. The summed E-state index contributed by atoms with van der Waals surface area (Å²) in [6, 6.07) is 0. The van der Waals surface area contributed by atoms with Crippen LogP contribution in [0.15, 0.2) is 11.4 Å². The predicted octanol–water partition coefficient (Wildman–Crippen LogP) is -15.2. The predicted molar refractivity (Wildman–Crippen MR) is 95.4 cm³/mol. The Morgan fingerprint density at radius 2 is 1.68 bits per heavy atom. The van der Waals surface area contributed by atoms with E-state index in [9.17, 15) is 43.5 Å². The largest absolute Gasteiger partial charge is 1.00 e. The van der Waals surface area contributed by atoms with Crippen LogP contribution in [0.3, 0.4) is 0 Å². The van der Waals surface area contributed by atoms with E-state index in [1.807, 2.05) is 0 Å². The number of imidazole rings is 1. The van der Waals surface area contributed by atoms with Crippen molar-refractivity contribution in [2.24, 2.45) is 5.11 Å². The van der Waals surface area contributed by atoms with Crippen LogP contribution in [-0.2, 0) is 31.6 Å². The van der Waals surface area contributed by atoms with Crippen molar-refractivity contribution >= 4 is 46.4 Å². The Balaban J connectivity index is 0. The molecule has 0 saturated carbocycles. The van der Waals surface area contributed by atoms with E-state index in [1.165, 1.54) is 0 Å². The van der Waals surface area contributed by atoms with Gasteiger partial charge >= 0.3 is 75.4 Å². The van der Waals surface area contributed by atoms with Gasteiger partial charge in [-0.15, -0.1) is 0 Å². The van der Waals surface area contributed by atoms with Crippen molar-refractivity contribution in [1.29, 1.82) is 0 Å². The molecular weight excluding hydrogens is 561 g/mol. The summed E-state index contributed by atoms with van der Waals surface area (Å²) in [5, 5.41) is 23.9. The van der Waals surface area contributed by atoms with Gasteiger partial charge in [0.1, 0.15) is 24.6 Å². The number of aromatic nitrogens is 4. The van der Waals surface area contributed by atoms with Crippen molar-refractivity contribution in [3.63, 3.8) is 0 Å². The Bertz CT molecular complexity index is 1290. The second-order valence-electron chi connectivity index (χ2n) is 6.25. The summed E-state index contributed by atoms with van der Waals surface area (Å²) in [7, 11) is -18.3. The zero-order chi connectivity index (χ0) is 25.5. The molecule has 2 aromatic rings. The Morgan fingerprint density at radius 3 is 2.24 bits per heavy atom. The Kier molecular flexibility index (Phi) is 16.5. The Labute approximate surface area is 260 Å². The molecule has 188 valence electrons. The van der Waals surface area contributed by atoms with Gasteiger partial charge in [-0.1, -0.05) is 0 Å². The van der Waals surface area contributed by atoms with Gasteiger partial charge in [-0.25, -0.2) is 19.3 Å². The SMILES string of the molecule is [Li+].[Li+].[Li+].[Li+].[N-]=[N+]=Nc1nc2c(N)ncnc2n1C1OC(COP(=O)([O-])OP(=O)([O-])OP(=O)([O-])[O-])C(O)C1O. The van der Waals surface area contributed by atoms with Gasteiger partial charge in [0.05, 0.1) is 14.4 Å². The van der Waals surface area contributed by atoms with Gasteiger partial charge in [0, 0.05) is 4.91 Å². The molecule has 38 heavy (non-hydrogen) atoms. The maximum Gasteiger partial charge on any atom is 1.00 e. The monoisotopic (exact) mass is 572 g/mol. The van der Waals surface area contributed by atoms with E-state index in [0.717, 1.165) is 10.9 Å². The van der Waals surface area contributed by atoms with Gasteiger partial charge in [-0.3, -0.25) is 18.0 Å². The molecule has 21 nitrogen and oxygen atoms in total. The van der Waals surface area contributed by atoms with Gasteiger partial charge in [-0.05, 0) is 10.6 Å². The van der Waals surface area contributed by atoms with Gasteiger partial charge < -0.3 is 49.3 Å². The third kappa shape index (κ3) is 10.0. The normalized spacial score (nSPS) is 23.8. The summed E-state index contributed by atoms with van der Waals surface area (Å²) >= 11 is 0. The minimum atomic E-state index is -6.20. The van der Waals surface area contributed by atoms with Crippen LogP contribution in [0, 0.1) is 0 Å². The number of phosphoric acid groups is 3. The molecule has 28 heteroatoms. The van der Waals surface area contributed by atoms with Crippen molar-refractivity contribution in [3.8, 4) is 0 Å². The maximum absolute atomic E-state index is 11.7. The smallest absolute Gasteiger partial charge is 0.790 e. The van der Waals surface area contributed by atoms with Crippen LogP contribution in [0.1, 0.15) is 6.23 Å². The van der Waals surface area contributed by atoms with E-state index >= 15 is 0 Å². The van der Waals surface area contributed by atoms with E-state index in [4.69, 9.17) is 16.0 Å². The van der Waals surface area contributed by atoms with Crippen LogP contribution >= 0.6 is 23.5 Å². The number of azide groups is 1. The first kappa shape index (κ1) is 40.5. The minimum Gasteiger partial charge on any atom is -0.790 e. The standard InChI is InChI=1S/C10H15N8O13P3.4Li/c11-7-4-8(14-2-13-7)18(10(15-4)16-17-12)9-6(20)5(19)3(29-9)1-28-33(24,25)31-34(26,27)30-32(21,22)23;;;;/h2-3,5-6,9,19-20H,1H2,(H,24,25)(H,26,27)(H2,11,13,14)(H2,21,22,23);;;;/q;4*+1/p-4. The first-order valence-electron chi connectivity index (χ1n) is 8.40. The summed E-state index contributed by atoms with van der Waals surface area (Å²) in [4.78, 5) is 57.6. The number of anilines is 1. The fourth-order valence-electron chi connectivity index (χ4n) is 2.79. The molecule has 0 aromatic carbocycles. The number of aliphatic hydroxyl groups excluding tert-OH is 2. The molecule has 3 heterocycles. The van der Waals surface area contributed by atoms with Gasteiger partial charge in [-0.2, -0.15) is 0 Å². The van der Waals surface area contributed by atoms with E-state index in [2.05, 4.69) is 38.1 Å². The number of phosphoric ester groups is 1. The molecule has 2 aromatic heterocycles. The molecule has 4 N–H and O–H groups in total. The van der Waals surface area contributed by atoms with Gasteiger partial charge in [0.25, 0.3) is 15.6 Å². The Morgan fingerprint density at radius 1 is 1.08 bits per heavy atom. The van der Waals surface area contributed by atoms with Crippen LogP contribution in [0.5, 0.6) is 0 Å². The molecule has 0 amide bonds. The topological polar surface area (TPSA) is 339 Å². The van der Waals surface area contributed by atoms with E-state index in [1.54, 1.807) is 0 Å². The van der Waals surface area contributed by atoms with Crippen molar-refractivity contribution in [2.45, 2.75) is 24.5 Å². The van der Waals surface area contributed by atoms with Crippen LogP contribution in [-0.4, -0.2) is 54.7 Å². The quantitative estimate of drug-likeness (QED) is 0.0825. The molecule has 3 rings (SSSR count). The summed E-state index contributed by atoms with van der Waals surface area (Å²) < 4.78 is 50.1. The van der Waals surface area contributed by atoms with Crippen molar-refractivity contribution in [3.05, 3.63) is 16.8 Å². The second kappa shape index (κ2) is 15.5. The zero-order valence-corrected chi connectivity index (χ0v) is 22.7. The third-order valence-corrected chi connectivity index (χ3v) is 7.67. The average molecular weight is 572 g/mol. The minimum absolute atomic E-state index is 0. The summed E-state index contributed by atoms with van der Waals surface area (Å²) in [5.41, 5.74) is 14.3. The first-order valence-corrected chi connectivity index (χ1v) is 12.8. The summed E-state index contributed by atoms with van der Waals surface area (Å²) in [6.45, 7) is -1.18. The van der Waals surface area contributed by atoms with Gasteiger partial charge in [0.2, 0.25) is 5.95 Å². The molecule has 1 aliphatic rings. The Hall–Kier alpha value is 0.340. The fourth-order valence-corrected chi connectivity index (χ4v) is 5.65. The molecule has 1 saturated heterocycles. The number of rotatable bonds is 9. The molecule has 0 aliphatic carbocycles. The molecule has 6 unspecified atom stereocenters. The van der Waals surface area contributed by atoms with E-state index < -0.39 is 60.6 Å². The molecule has 0 spiro atoms. The summed E-state index contributed by atoms with van der Waals surface area (Å²) in [5.74, 6) is -0.565.